The molecular formula is C75H115NO38. The van der Waals surface area contributed by atoms with Crippen LogP contribution in [-0.2, 0) is 90.3 Å². The van der Waals surface area contributed by atoms with Gasteiger partial charge in [0.25, 0.3) is 5.79 Å². The predicted octanol–water partition coefficient (Wildman–Crippen LogP) is -6.22. The largest absolute Gasteiger partial charge is 0.481 e. The first-order valence-corrected chi connectivity index (χ1v) is 39.4. The number of carbonyl (C=O) groups is 5. The van der Waals surface area contributed by atoms with E-state index in [-0.39, 0.29) is 44.6 Å². The van der Waals surface area contributed by atoms with Crippen molar-refractivity contribution in [3.8, 4) is 0 Å². The van der Waals surface area contributed by atoms with E-state index < -0.39 is 309 Å². The molecule has 8 aliphatic heterocycles. The number of hydrogen-bond acceptors (Lipinski definition) is 36. The van der Waals surface area contributed by atoms with Gasteiger partial charge in [0.2, 0.25) is 5.91 Å². The molecule has 12 fully saturated rings. The van der Waals surface area contributed by atoms with Crippen molar-refractivity contribution in [1.29, 1.82) is 0 Å². The highest BCUT2D eigenvalue weighted by Crippen LogP contribution is 2.76. The molecule has 19 unspecified atom stereocenters. The number of likely N-dealkylation sites (N-methyl/N-ethyl adjacent to an activating group) is 1. The average Bonchev–Trinajstić information content (AvgIpc) is 0.698. The number of aldehydes is 1. The SMILES string of the molecule is CC[C@@]1(O)CO[C@@H](OC2C(O)[C@H](O[C@H]3C(C)O[C@@H](C4(OC(=O)[C@]56CCC(C)(C)CC5C5=CCC7C8(C)CC[C@H](O[C@@H]9OC(C(=O)O)[C@@H](O)[C@H](O[C@@H]%10OC[C@@H](O)[C@H](O)C%10O)C9O[C@@H]9OC(CO)[C@H](O)[C@H](O)C9O)[C@](C)(C=O)[C@@H]8CC[C@]7(C)[C@]5(C)CC6O)OC5C(O)[C@@H](N(C)C(=O)CC(=O)O)C(CO)O[C@H]54)C(O)C3O)OC[C@H]2O)C1O. The van der Waals surface area contributed by atoms with E-state index in [0.29, 0.717) is 32.1 Å². The molecule has 0 aromatic rings. The monoisotopic (exact) mass is 1640 g/mol. The van der Waals surface area contributed by atoms with Gasteiger partial charge in [0.15, 0.2) is 49.8 Å². The zero-order chi connectivity index (χ0) is 83.3. The Bertz CT molecular complexity index is 3520. The first-order chi connectivity index (χ1) is 53.4. The fourth-order valence-electron chi connectivity index (χ4n) is 22.1. The van der Waals surface area contributed by atoms with Crippen molar-refractivity contribution >= 4 is 30.1 Å². The van der Waals surface area contributed by atoms with E-state index in [1.54, 1.807) is 13.8 Å². The van der Waals surface area contributed by atoms with Gasteiger partial charge in [0.1, 0.15) is 146 Å². The maximum atomic E-state index is 16.5. The van der Waals surface area contributed by atoms with Crippen molar-refractivity contribution in [2.45, 2.75) is 334 Å². The van der Waals surface area contributed by atoms with Crippen molar-refractivity contribution < 1.29 is 187 Å². The molecule has 8 heterocycles. The van der Waals surface area contributed by atoms with Crippen LogP contribution in [0.2, 0.25) is 0 Å². The minimum absolute atomic E-state index is 0.0121. The fourth-order valence-corrected chi connectivity index (χ4v) is 22.1. The molecule has 13 rings (SSSR count). The number of aliphatic hydroxyl groups is 17. The molecule has 19 N–H and O–H groups in total. The Kier molecular flexibility index (Phi) is 24.8. The number of allylic oxidation sites excluding steroid dienone is 2. The minimum atomic E-state index is -2.73. The van der Waals surface area contributed by atoms with Gasteiger partial charge >= 0.3 is 17.9 Å². The lowest BCUT2D eigenvalue weighted by atomic mass is 9.33. The minimum Gasteiger partial charge on any atom is -0.481 e. The molecule has 0 aromatic heterocycles. The molecule has 0 spiro atoms. The third-order valence-electron chi connectivity index (χ3n) is 29.0. The second kappa shape index (κ2) is 32.2. The number of aliphatic carboxylic acids is 2. The smallest absolute Gasteiger partial charge is 0.335 e. The summed E-state index contributed by atoms with van der Waals surface area (Å²) in [7, 11) is 1.18. The lowest BCUT2D eigenvalue weighted by Gasteiger charge is -2.71. The number of carboxylic acids is 2. The lowest BCUT2D eigenvalue weighted by molar-refractivity contribution is -0.474. The Balaban J connectivity index is 0.799. The van der Waals surface area contributed by atoms with Crippen LogP contribution < -0.4 is 0 Å². The van der Waals surface area contributed by atoms with Crippen LogP contribution >= 0.6 is 0 Å². The Morgan fingerprint density at radius 1 is 0.605 bits per heavy atom. The van der Waals surface area contributed by atoms with Gasteiger partial charge in [-0.2, -0.15) is 0 Å². The highest BCUT2D eigenvalue weighted by atomic mass is 16.8. The Morgan fingerprint density at radius 2 is 1.25 bits per heavy atom. The summed E-state index contributed by atoms with van der Waals surface area (Å²) in [4.78, 5) is 70.0. The summed E-state index contributed by atoms with van der Waals surface area (Å²) in [6.45, 7) is 11.6. The predicted molar refractivity (Wildman–Crippen MR) is 372 cm³/mol. The molecule has 648 valence electrons. The second-order valence-corrected chi connectivity index (χ2v) is 35.8. The molecule has 4 saturated carbocycles. The van der Waals surface area contributed by atoms with E-state index in [1.165, 1.54) is 14.0 Å². The molecule has 39 nitrogen and oxygen atoms in total. The number of amides is 1. The van der Waals surface area contributed by atoms with Crippen molar-refractivity contribution in [2.75, 3.05) is 40.1 Å². The van der Waals surface area contributed by atoms with Gasteiger partial charge in [0.05, 0.1) is 62.8 Å². The highest BCUT2D eigenvalue weighted by molar-refractivity contribution is 5.93. The van der Waals surface area contributed by atoms with E-state index in [9.17, 15) is 116 Å². The Labute approximate surface area is 655 Å². The number of hydrogen-bond donors (Lipinski definition) is 19. The number of rotatable bonds is 21. The maximum absolute atomic E-state index is 16.5. The number of nitrogens with zero attached hydrogens (tertiary/aromatic N) is 1. The first-order valence-electron chi connectivity index (χ1n) is 39.4. The van der Waals surface area contributed by atoms with E-state index in [0.717, 1.165) is 16.8 Å². The van der Waals surface area contributed by atoms with Crippen molar-refractivity contribution in [2.24, 2.45) is 50.2 Å². The lowest BCUT2D eigenvalue weighted by Crippen LogP contribution is -2.84. The zero-order valence-electron chi connectivity index (χ0n) is 64.9. The molecule has 0 bridgehead atoms. The standard InChI is InChI=1S/C75H115NO38/c1-10-73(100)27-103-66(58(73)96)109-53-32(81)25-102-63(51(53)95)108-52-28(2)104-59(47(91)46(52)90)75(60-55(113-75)44(88)41(33(22-77)105-60)76(9)39(83)19-40(84)85)114-67(99)74-18-17-68(3,4)20-30(74)29-11-12-36-69(5)15-14-38(70(6,26-79)35(69)13-16-71(36,7)72(29,8)21-37(74)82)107-65-57(112-64-49(93)45(89)43(87)34(23-78)106-64)54(50(94)56(111-65)61(97)98)110-62-48(92)42(86)31(80)24-101-62/h11,26,28,30-38,41-60,62-66,77-78,80-82,86-96,100H,10,12-25,27H2,1-9H3,(H,84,85)(H,97,98)/t28?,30?,31-,32-,33?,34?,35-,36?,37?,38+,41+,42+,43+,44?,45+,46?,47?,48?,49?,50+,51?,52+,53?,54+,55?,56?,57?,58?,59-,60-,62+,63+,64+,65-,66+,69?,70-,71+,72-,73-,74-,75?/m1/s1. The van der Waals surface area contributed by atoms with Gasteiger partial charge in [-0.3, -0.25) is 14.4 Å². The average molecular weight is 1640 g/mol. The molecule has 0 radical (unpaired) electrons. The van der Waals surface area contributed by atoms with Crippen LogP contribution in [0.4, 0.5) is 0 Å². The molecule has 13 aliphatic rings. The maximum Gasteiger partial charge on any atom is 0.335 e. The molecular weight excluding hydrogens is 1520 g/mol. The van der Waals surface area contributed by atoms with Crippen LogP contribution in [0, 0.1) is 50.2 Å². The fraction of sp³-hybridized carbons (Fsp3) is 0.907. The summed E-state index contributed by atoms with van der Waals surface area (Å²) < 4.78 is 86.0. The first kappa shape index (κ1) is 87.9. The number of aliphatic hydroxyl groups excluding tert-OH is 16. The van der Waals surface area contributed by atoms with Crippen molar-refractivity contribution in [3.05, 3.63) is 11.6 Å². The molecule has 5 aliphatic carbocycles. The number of carboxylic acid groups (broad SMARTS) is 2. The van der Waals surface area contributed by atoms with E-state index >= 15 is 4.79 Å². The van der Waals surface area contributed by atoms with Crippen LogP contribution in [0.5, 0.6) is 0 Å². The summed E-state index contributed by atoms with van der Waals surface area (Å²) in [5.74, 6) is -9.78. The zero-order valence-corrected chi connectivity index (χ0v) is 64.9. The Morgan fingerprint density at radius 3 is 1.89 bits per heavy atom. The Hall–Kier alpha value is -3.91. The topological polar surface area (TPSA) is 602 Å². The van der Waals surface area contributed by atoms with Gasteiger partial charge in [-0.25, -0.2) is 4.79 Å². The van der Waals surface area contributed by atoms with Crippen molar-refractivity contribution in [3.63, 3.8) is 0 Å². The van der Waals surface area contributed by atoms with Gasteiger partial charge in [-0.05, 0) is 111 Å². The highest BCUT2D eigenvalue weighted by Gasteiger charge is 2.78. The molecule has 42 atom stereocenters. The van der Waals surface area contributed by atoms with Crippen LogP contribution in [-0.4, -0.2) is 380 Å². The molecule has 114 heavy (non-hydrogen) atoms. The van der Waals surface area contributed by atoms with E-state index in [4.69, 9.17) is 66.3 Å². The third-order valence-corrected chi connectivity index (χ3v) is 29.0. The van der Waals surface area contributed by atoms with E-state index in [2.05, 4.69) is 19.9 Å². The van der Waals surface area contributed by atoms with Gasteiger partial charge < -0.3 is 173 Å². The number of fused-ring (bicyclic) bond motifs is 8. The second-order valence-electron chi connectivity index (χ2n) is 35.8. The summed E-state index contributed by atoms with van der Waals surface area (Å²) in [6.07, 6.45) is -52.6. The molecule has 1 amide bonds. The van der Waals surface area contributed by atoms with E-state index in [1.807, 2.05) is 20.8 Å². The van der Waals surface area contributed by atoms with Gasteiger partial charge in [-0.15, -0.1) is 0 Å². The van der Waals surface area contributed by atoms with Crippen LogP contribution in [0.3, 0.4) is 0 Å². The summed E-state index contributed by atoms with van der Waals surface area (Å²) in [5.41, 5.74) is -7.29. The van der Waals surface area contributed by atoms with Crippen LogP contribution in [0.15, 0.2) is 11.6 Å². The number of ether oxygens (including phenoxy) is 14. The summed E-state index contributed by atoms with van der Waals surface area (Å²) >= 11 is 0. The molecule has 39 heteroatoms. The summed E-state index contributed by atoms with van der Waals surface area (Å²) in [5, 5.41) is 213. The van der Waals surface area contributed by atoms with Gasteiger partial charge in [0, 0.05) is 7.05 Å². The number of carbonyl (C=O) groups excluding carboxylic acids is 3. The normalized spacial score (nSPS) is 53.1. The molecule has 8 saturated heterocycles. The van der Waals surface area contributed by atoms with Crippen LogP contribution in [0.1, 0.15) is 126 Å². The van der Waals surface area contributed by atoms with Crippen molar-refractivity contribution in [1.82, 2.24) is 4.90 Å². The molecule has 0 aromatic carbocycles. The van der Waals surface area contributed by atoms with Crippen LogP contribution in [0.25, 0.3) is 0 Å². The number of esters is 1. The quantitative estimate of drug-likeness (QED) is 0.0167. The van der Waals surface area contributed by atoms with Gasteiger partial charge in [-0.1, -0.05) is 60.1 Å². The summed E-state index contributed by atoms with van der Waals surface area (Å²) in [6, 6.07) is -1.50. The third kappa shape index (κ3) is 14.2.